The van der Waals surface area contributed by atoms with Crippen molar-refractivity contribution in [2.75, 3.05) is 13.2 Å². The van der Waals surface area contributed by atoms with Gasteiger partial charge in [0.1, 0.15) is 12.3 Å². The highest BCUT2D eigenvalue weighted by molar-refractivity contribution is 5.98. The molecule has 1 aliphatic heterocycles. The smallest absolute Gasteiger partial charge is 0.407 e. The first-order chi connectivity index (χ1) is 12.3. The van der Waals surface area contributed by atoms with Crippen LogP contribution in [-0.4, -0.2) is 41.8 Å². The number of nitrogens with two attached hydrogens (primary N) is 1. The lowest BCUT2D eigenvalue weighted by Gasteiger charge is -2.19. The molecule has 1 amide bonds. The second-order valence-corrected chi connectivity index (χ2v) is 7.39. The summed E-state index contributed by atoms with van der Waals surface area (Å²) >= 11 is 0. The fourth-order valence-electron chi connectivity index (χ4n) is 3.26. The minimum absolute atomic E-state index is 0.0437. The number of hydrogen-bond acceptors (Lipinski definition) is 5. The van der Waals surface area contributed by atoms with E-state index in [1.54, 1.807) is 6.92 Å². The number of benzene rings is 1. The second-order valence-electron chi connectivity index (χ2n) is 7.39. The summed E-state index contributed by atoms with van der Waals surface area (Å²) in [6.45, 7) is 6.31. The Labute approximate surface area is 152 Å². The third kappa shape index (κ3) is 3.99. The number of cyclic esters (lactones) is 1. The van der Waals surface area contributed by atoms with Crippen molar-refractivity contribution in [2.24, 2.45) is 5.73 Å². The van der Waals surface area contributed by atoms with Gasteiger partial charge in [0.25, 0.3) is 0 Å². The van der Waals surface area contributed by atoms with Crippen LogP contribution in [0, 0.1) is 0 Å². The molecule has 2 heterocycles. The third-order valence-corrected chi connectivity index (χ3v) is 4.30. The zero-order valence-electron chi connectivity index (χ0n) is 15.3. The zero-order chi connectivity index (χ0) is 18.9. The molecule has 0 unspecified atom stereocenters. The molecule has 0 spiro atoms. The first-order valence-electron chi connectivity index (χ1n) is 8.79. The molecule has 1 fully saturated rings. The maximum absolute atomic E-state index is 12.4. The Morgan fingerprint density at radius 1 is 1.42 bits per heavy atom. The van der Waals surface area contributed by atoms with Crippen LogP contribution in [0.25, 0.3) is 10.9 Å². The molecule has 0 radical (unpaired) electrons. The van der Waals surface area contributed by atoms with Gasteiger partial charge in [-0.15, -0.1) is 0 Å². The molecule has 1 aromatic carbocycles. The van der Waals surface area contributed by atoms with Crippen molar-refractivity contribution in [3.8, 4) is 0 Å². The standard InChI is InChI=1S/C19H25N3O4/c1-4-25-17(23)16-14(9-19(2,3)20)13-8-11(5-6-15(13)22-16)7-12-10-26-18(24)21-12/h5-6,8,12,22H,4,7,9-10,20H2,1-3H3,(H,21,24)/t12-/m0/s1. The molecule has 1 aliphatic rings. The summed E-state index contributed by atoms with van der Waals surface area (Å²) < 4.78 is 10.1. The monoisotopic (exact) mass is 359 g/mol. The molecule has 26 heavy (non-hydrogen) atoms. The highest BCUT2D eigenvalue weighted by atomic mass is 16.6. The van der Waals surface area contributed by atoms with E-state index in [4.69, 9.17) is 15.2 Å². The zero-order valence-corrected chi connectivity index (χ0v) is 15.3. The van der Waals surface area contributed by atoms with E-state index in [0.717, 1.165) is 22.0 Å². The number of amides is 1. The predicted octanol–water partition coefficient (Wildman–Crippen LogP) is 2.28. The third-order valence-electron chi connectivity index (χ3n) is 4.30. The summed E-state index contributed by atoms with van der Waals surface area (Å²) in [7, 11) is 0. The van der Waals surface area contributed by atoms with Crippen LogP contribution >= 0.6 is 0 Å². The van der Waals surface area contributed by atoms with Gasteiger partial charge >= 0.3 is 12.1 Å². The highest BCUT2D eigenvalue weighted by Gasteiger charge is 2.25. The van der Waals surface area contributed by atoms with E-state index in [9.17, 15) is 9.59 Å². The largest absolute Gasteiger partial charge is 0.461 e. The summed E-state index contributed by atoms with van der Waals surface area (Å²) in [6, 6.07) is 5.92. The molecule has 0 aliphatic carbocycles. The average molecular weight is 359 g/mol. The lowest BCUT2D eigenvalue weighted by atomic mass is 9.93. The van der Waals surface area contributed by atoms with Gasteiger partial charge in [-0.3, -0.25) is 0 Å². The number of aromatic amines is 1. The molecule has 7 heteroatoms. The van der Waals surface area contributed by atoms with E-state index < -0.39 is 5.54 Å². The van der Waals surface area contributed by atoms with Crippen molar-refractivity contribution in [1.82, 2.24) is 10.3 Å². The molecule has 3 rings (SSSR count). The molecule has 1 atom stereocenters. The number of aromatic nitrogens is 1. The van der Waals surface area contributed by atoms with Gasteiger partial charge in [0.2, 0.25) is 0 Å². The fourth-order valence-corrected chi connectivity index (χ4v) is 3.26. The minimum atomic E-state index is -0.473. The van der Waals surface area contributed by atoms with E-state index in [1.807, 2.05) is 32.0 Å². The van der Waals surface area contributed by atoms with Crippen molar-refractivity contribution >= 4 is 23.0 Å². The van der Waals surface area contributed by atoms with Crippen molar-refractivity contribution in [1.29, 1.82) is 0 Å². The molecule has 7 nitrogen and oxygen atoms in total. The second kappa shape index (κ2) is 6.99. The van der Waals surface area contributed by atoms with E-state index >= 15 is 0 Å². The van der Waals surface area contributed by atoms with Crippen LogP contribution in [0.2, 0.25) is 0 Å². The number of carbonyl (C=O) groups excluding carboxylic acids is 2. The number of carbonyl (C=O) groups is 2. The summed E-state index contributed by atoms with van der Waals surface area (Å²) in [4.78, 5) is 26.7. The molecule has 2 aromatic rings. The Bertz CT molecular complexity index is 835. The SMILES string of the molecule is CCOC(=O)c1[nH]c2ccc(C[C@H]3COC(=O)N3)cc2c1CC(C)(C)N. The minimum Gasteiger partial charge on any atom is -0.461 e. The maximum Gasteiger partial charge on any atom is 0.407 e. The number of alkyl carbamates (subject to hydrolysis) is 1. The first kappa shape index (κ1) is 18.3. The Hall–Kier alpha value is -2.54. The van der Waals surface area contributed by atoms with Crippen LogP contribution in [-0.2, 0) is 22.3 Å². The first-order valence-corrected chi connectivity index (χ1v) is 8.79. The van der Waals surface area contributed by atoms with Gasteiger partial charge in [0, 0.05) is 16.4 Å². The Kier molecular flexibility index (Phi) is 4.91. The molecule has 1 aromatic heterocycles. The van der Waals surface area contributed by atoms with Crippen LogP contribution in [0.1, 0.15) is 42.4 Å². The van der Waals surface area contributed by atoms with Crippen LogP contribution in [0.15, 0.2) is 18.2 Å². The molecule has 0 saturated carbocycles. The maximum atomic E-state index is 12.4. The van der Waals surface area contributed by atoms with Crippen molar-refractivity contribution < 1.29 is 19.1 Å². The predicted molar refractivity (Wildman–Crippen MR) is 98.2 cm³/mol. The van der Waals surface area contributed by atoms with Gasteiger partial charge in [-0.25, -0.2) is 9.59 Å². The fraction of sp³-hybridized carbons (Fsp3) is 0.474. The summed E-state index contributed by atoms with van der Waals surface area (Å²) in [6.07, 6.45) is 0.814. The number of H-pyrrole nitrogens is 1. The number of fused-ring (bicyclic) bond motifs is 1. The normalized spacial score (nSPS) is 17.2. The molecule has 0 bridgehead atoms. The Morgan fingerprint density at radius 2 is 2.19 bits per heavy atom. The summed E-state index contributed by atoms with van der Waals surface area (Å²) in [5, 5.41) is 3.73. The molecule has 140 valence electrons. The lowest BCUT2D eigenvalue weighted by molar-refractivity contribution is 0.0519. The number of rotatable bonds is 6. The van der Waals surface area contributed by atoms with Gasteiger partial charge in [-0.2, -0.15) is 0 Å². The lowest BCUT2D eigenvalue weighted by Crippen LogP contribution is -2.35. The number of nitrogens with one attached hydrogen (secondary N) is 2. The van der Waals surface area contributed by atoms with Crippen molar-refractivity contribution in [2.45, 2.75) is 45.2 Å². The van der Waals surface area contributed by atoms with E-state index in [0.29, 0.717) is 31.7 Å². The molecular weight excluding hydrogens is 334 g/mol. The van der Waals surface area contributed by atoms with Crippen molar-refractivity contribution in [3.05, 3.63) is 35.0 Å². The molecular formula is C19H25N3O4. The van der Waals surface area contributed by atoms with Gasteiger partial charge in [-0.05, 0) is 56.9 Å². The number of esters is 1. The number of hydrogen-bond donors (Lipinski definition) is 3. The van der Waals surface area contributed by atoms with Crippen LogP contribution < -0.4 is 11.1 Å². The quantitative estimate of drug-likeness (QED) is 0.686. The summed E-state index contributed by atoms with van der Waals surface area (Å²) in [5.74, 6) is -0.374. The van der Waals surface area contributed by atoms with Gasteiger partial charge in [0.15, 0.2) is 0 Å². The number of ether oxygens (including phenoxy) is 2. The van der Waals surface area contributed by atoms with Gasteiger partial charge < -0.3 is 25.5 Å². The van der Waals surface area contributed by atoms with E-state index in [1.165, 1.54) is 0 Å². The van der Waals surface area contributed by atoms with Gasteiger partial charge in [0.05, 0.1) is 12.6 Å². The molecule has 1 saturated heterocycles. The van der Waals surface area contributed by atoms with Crippen LogP contribution in [0.4, 0.5) is 4.79 Å². The van der Waals surface area contributed by atoms with E-state index in [-0.39, 0.29) is 18.1 Å². The summed E-state index contributed by atoms with van der Waals surface area (Å²) in [5.41, 5.74) is 8.98. The average Bonchev–Trinajstić information content (AvgIpc) is 3.10. The topological polar surface area (TPSA) is 106 Å². The van der Waals surface area contributed by atoms with Crippen molar-refractivity contribution in [3.63, 3.8) is 0 Å². The van der Waals surface area contributed by atoms with E-state index in [2.05, 4.69) is 10.3 Å². The Morgan fingerprint density at radius 3 is 2.81 bits per heavy atom. The molecule has 4 N–H and O–H groups in total. The van der Waals surface area contributed by atoms with Crippen LogP contribution in [0.3, 0.4) is 0 Å². The highest BCUT2D eigenvalue weighted by Crippen LogP contribution is 2.28. The Balaban J connectivity index is 1.98. The van der Waals surface area contributed by atoms with Crippen LogP contribution in [0.5, 0.6) is 0 Å². The van der Waals surface area contributed by atoms with Gasteiger partial charge in [-0.1, -0.05) is 6.07 Å².